The quantitative estimate of drug-likeness (QED) is 0.558. The smallest absolute Gasteiger partial charge is 0.235 e. The van der Waals surface area contributed by atoms with E-state index in [0.717, 1.165) is 11.3 Å². The maximum atomic E-state index is 10.1. The van der Waals surface area contributed by atoms with Gasteiger partial charge in [-0.1, -0.05) is 18.2 Å². The van der Waals surface area contributed by atoms with Crippen LogP contribution >= 0.6 is 0 Å². The first-order valence-electron chi connectivity index (χ1n) is 4.53. The van der Waals surface area contributed by atoms with Crippen LogP contribution in [0.25, 0.3) is 5.69 Å². The summed E-state index contributed by atoms with van der Waals surface area (Å²) in [6.07, 6.45) is 5.09. The maximum absolute atomic E-state index is 10.1. The van der Waals surface area contributed by atoms with E-state index in [-0.39, 0.29) is 0 Å². The van der Waals surface area contributed by atoms with Crippen LogP contribution in [-0.2, 0) is 11.3 Å². The first kappa shape index (κ1) is 9.37. The third-order valence-corrected chi connectivity index (χ3v) is 2.06. The number of hydrogen-bond donors (Lipinski definition) is 0. The lowest BCUT2D eigenvalue weighted by atomic mass is 10.2. The number of aromatic nitrogens is 2. The molecule has 74 valence electrons. The largest absolute Gasteiger partial charge is 0.241 e. The van der Waals surface area contributed by atoms with Crippen molar-refractivity contribution in [3.63, 3.8) is 0 Å². The van der Waals surface area contributed by atoms with E-state index in [0.29, 0.717) is 6.54 Å². The predicted molar refractivity (Wildman–Crippen MR) is 55.4 cm³/mol. The lowest BCUT2D eigenvalue weighted by molar-refractivity contribution is 0.562. The standard InChI is InChI=1S/C11H9N3O/c15-9-12-8-10-4-1-2-5-11(10)14-7-3-6-13-14/h1-7H,8H2. The molecular weight excluding hydrogens is 190 g/mol. The summed E-state index contributed by atoms with van der Waals surface area (Å²) in [7, 11) is 0. The Morgan fingerprint density at radius 3 is 2.93 bits per heavy atom. The second-order valence-electron chi connectivity index (χ2n) is 2.99. The summed E-state index contributed by atoms with van der Waals surface area (Å²) in [4.78, 5) is 13.6. The SMILES string of the molecule is O=C=NCc1ccccc1-n1cccn1. The minimum atomic E-state index is 0.333. The number of benzene rings is 1. The highest BCUT2D eigenvalue weighted by atomic mass is 16.1. The van der Waals surface area contributed by atoms with Crippen molar-refractivity contribution in [2.75, 3.05) is 0 Å². The van der Waals surface area contributed by atoms with E-state index in [4.69, 9.17) is 0 Å². The Labute approximate surface area is 86.9 Å². The van der Waals surface area contributed by atoms with Crippen molar-refractivity contribution in [2.45, 2.75) is 6.54 Å². The topological polar surface area (TPSA) is 47.2 Å². The fourth-order valence-electron chi connectivity index (χ4n) is 1.40. The van der Waals surface area contributed by atoms with Gasteiger partial charge in [-0.05, 0) is 12.1 Å². The summed E-state index contributed by atoms with van der Waals surface area (Å²) in [5.74, 6) is 0. The van der Waals surface area contributed by atoms with E-state index in [1.807, 2.05) is 36.5 Å². The zero-order valence-corrected chi connectivity index (χ0v) is 8.00. The fraction of sp³-hybridized carbons (Fsp3) is 0.0909. The molecule has 0 saturated heterocycles. The van der Waals surface area contributed by atoms with Crippen LogP contribution in [0.4, 0.5) is 0 Å². The van der Waals surface area contributed by atoms with Gasteiger partial charge in [0.2, 0.25) is 6.08 Å². The molecule has 2 aromatic rings. The molecule has 2 rings (SSSR count). The number of hydrogen-bond acceptors (Lipinski definition) is 3. The lowest BCUT2D eigenvalue weighted by Crippen LogP contribution is -1.98. The van der Waals surface area contributed by atoms with Crippen LogP contribution in [0.15, 0.2) is 47.7 Å². The number of para-hydroxylation sites is 1. The third-order valence-electron chi connectivity index (χ3n) is 2.06. The minimum absolute atomic E-state index is 0.333. The number of carbonyl (C=O) groups excluding carboxylic acids is 1. The summed E-state index contributed by atoms with van der Waals surface area (Å²) in [6, 6.07) is 9.52. The zero-order valence-electron chi connectivity index (χ0n) is 8.00. The van der Waals surface area contributed by atoms with E-state index in [9.17, 15) is 4.79 Å². The average Bonchev–Trinajstić information content (AvgIpc) is 2.80. The Morgan fingerprint density at radius 1 is 1.33 bits per heavy atom. The summed E-state index contributed by atoms with van der Waals surface area (Å²) in [6.45, 7) is 0.333. The van der Waals surface area contributed by atoms with Crippen molar-refractivity contribution >= 4 is 6.08 Å². The summed E-state index contributed by atoms with van der Waals surface area (Å²) < 4.78 is 1.75. The van der Waals surface area contributed by atoms with Gasteiger partial charge in [0.25, 0.3) is 0 Å². The van der Waals surface area contributed by atoms with Gasteiger partial charge in [0.1, 0.15) is 0 Å². The highest BCUT2D eigenvalue weighted by Gasteiger charge is 2.02. The average molecular weight is 199 g/mol. The van der Waals surface area contributed by atoms with Crippen molar-refractivity contribution in [1.29, 1.82) is 0 Å². The van der Waals surface area contributed by atoms with Crippen LogP contribution in [0.5, 0.6) is 0 Å². The van der Waals surface area contributed by atoms with Gasteiger partial charge in [0.05, 0.1) is 12.2 Å². The minimum Gasteiger partial charge on any atom is -0.241 e. The number of aliphatic imine (C=N–C) groups is 1. The van der Waals surface area contributed by atoms with Gasteiger partial charge in [-0.25, -0.2) is 14.5 Å². The molecule has 0 fully saturated rings. The second-order valence-corrected chi connectivity index (χ2v) is 2.99. The molecule has 15 heavy (non-hydrogen) atoms. The zero-order chi connectivity index (χ0) is 10.5. The van der Waals surface area contributed by atoms with E-state index < -0.39 is 0 Å². The molecule has 1 heterocycles. The fourth-order valence-corrected chi connectivity index (χ4v) is 1.40. The Morgan fingerprint density at radius 2 is 2.20 bits per heavy atom. The molecule has 1 aromatic heterocycles. The first-order chi connectivity index (χ1) is 7.42. The molecule has 4 heteroatoms. The highest BCUT2D eigenvalue weighted by Crippen LogP contribution is 2.13. The van der Waals surface area contributed by atoms with Crippen LogP contribution in [-0.4, -0.2) is 15.9 Å². The van der Waals surface area contributed by atoms with E-state index in [1.54, 1.807) is 10.9 Å². The molecule has 4 nitrogen and oxygen atoms in total. The van der Waals surface area contributed by atoms with Crippen molar-refractivity contribution in [1.82, 2.24) is 9.78 Å². The van der Waals surface area contributed by atoms with E-state index in [1.165, 1.54) is 6.08 Å². The highest BCUT2D eigenvalue weighted by molar-refractivity contribution is 5.42. The molecule has 0 amide bonds. The molecule has 0 N–H and O–H groups in total. The normalized spacial score (nSPS) is 9.60. The van der Waals surface area contributed by atoms with Crippen LogP contribution in [0, 0.1) is 0 Å². The number of nitrogens with zero attached hydrogens (tertiary/aromatic N) is 3. The molecule has 0 unspecified atom stereocenters. The van der Waals surface area contributed by atoms with Crippen molar-refractivity contribution in [2.24, 2.45) is 4.99 Å². The lowest BCUT2D eigenvalue weighted by Gasteiger charge is -2.05. The molecule has 0 atom stereocenters. The first-order valence-corrected chi connectivity index (χ1v) is 4.53. The molecule has 0 saturated carbocycles. The van der Waals surface area contributed by atoms with Crippen LogP contribution in [0.3, 0.4) is 0 Å². The van der Waals surface area contributed by atoms with Crippen molar-refractivity contribution < 1.29 is 4.79 Å². The van der Waals surface area contributed by atoms with Crippen molar-refractivity contribution in [3.05, 3.63) is 48.3 Å². The van der Waals surface area contributed by atoms with Crippen LogP contribution in [0.1, 0.15) is 5.56 Å². The number of rotatable bonds is 3. The van der Waals surface area contributed by atoms with Crippen LogP contribution < -0.4 is 0 Å². The van der Waals surface area contributed by atoms with Gasteiger partial charge in [0, 0.05) is 18.0 Å². The van der Waals surface area contributed by atoms with Gasteiger partial charge < -0.3 is 0 Å². The monoisotopic (exact) mass is 199 g/mol. The summed E-state index contributed by atoms with van der Waals surface area (Å²) in [5, 5.41) is 4.13. The van der Waals surface area contributed by atoms with Gasteiger partial charge in [-0.15, -0.1) is 0 Å². The third kappa shape index (κ3) is 2.00. The Hall–Kier alpha value is -2.19. The summed E-state index contributed by atoms with van der Waals surface area (Å²) >= 11 is 0. The second kappa shape index (κ2) is 4.35. The Bertz CT molecular complexity index is 484. The Kier molecular flexibility index (Phi) is 2.72. The molecule has 0 spiro atoms. The molecule has 1 aromatic carbocycles. The van der Waals surface area contributed by atoms with Crippen molar-refractivity contribution in [3.8, 4) is 5.69 Å². The molecule has 0 aliphatic carbocycles. The van der Waals surface area contributed by atoms with Gasteiger partial charge in [-0.3, -0.25) is 0 Å². The summed E-state index contributed by atoms with van der Waals surface area (Å²) in [5.41, 5.74) is 1.88. The van der Waals surface area contributed by atoms with E-state index >= 15 is 0 Å². The molecule has 0 bridgehead atoms. The van der Waals surface area contributed by atoms with Gasteiger partial charge >= 0.3 is 0 Å². The van der Waals surface area contributed by atoms with Gasteiger partial charge in [0.15, 0.2) is 0 Å². The maximum Gasteiger partial charge on any atom is 0.235 e. The number of isocyanates is 1. The molecule has 0 radical (unpaired) electrons. The molecule has 0 aliphatic rings. The van der Waals surface area contributed by atoms with Crippen LogP contribution in [0.2, 0.25) is 0 Å². The van der Waals surface area contributed by atoms with Gasteiger partial charge in [-0.2, -0.15) is 5.10 Å². The predicted octanol–water partition coefficient (Wildman–Crippen LogP) is 1.71. The Balaban J connectivity index is 2.42. The molecule has 0 aliphatic heterocycles. The van der Waals surface area contributed by atoms with E-state index in [2.05, 4.69) is 10.1 Å². The molecular formula is C11H9N3O.